The summed E-state index contributed by atoms with van der Waals surface area (Å²) in [6, 6.07) is 4.79. The normalized spacial score (nSPS) is 12.6. The first-order valence-corrected chi connectivity index (χ1v) is 8.81. The predicted octanol–water partition coefficient (Wildman–Crippen LogP) is 3.10. The number of hydrogen-bond acceptors (Lipinski definition) is 6. The molecule has 0 aliphatic rings. The van der Waals surface area contributed by atoms with Gasteiger partial charge in [0.25, 0.3) is 5.56 Å². The molecule has 0 unspecified atom stereocenters. The van der Waals surface area contributed by atoms with Crippen molar-refractivity contribution in [3.8, 4) is 5.88 Å². The summed E-state index contributed by atoms with van der Waals surface area (Å²) in [7, 11) is 0. The number of nitrogens with zero attached hydrogens (tertiary/aromatic N) is 1. The van der Waals surface area contributed by atoms with Crippen molar-refractivity contribution in [2.24, 2.45) is 0 Å². The fraction of sp³-hybridized carbons (Fsp3) is 0.471. The van der Waals surface area contributed by atoms with Crippen LogP contribution < -0.4 is 15.6 Å². The largest absolute Gasteiger partial charge is 0.477 e. The highest BCUT2D eigenvalue weighted by Crippen LogP contribution is 2.35. The Labute approximate surface area is 150 Å². The van der Waals surface area contributed by atoms with E-state index in [1.54, 1.807) is 0 Å². The molecular weight excluding hydrogens is 342 g/mol. The van der Waals surface area contributed by atoms with E-state index in [9.17, 15) is 14.7 Å². The minimum atomic E-state index is -0.927. The highest BCUT2D eigenvalue weighted by molar-refractivity contribution is 7.14. The van der Waals surface area contributed by atoms with E-state index < -0.39 is 5.97 Å². The molecule has 0 aliphatic carbocycles. The summed E-state index contributed by atoms with van der Waals surface area (Å²) in [5.74, 6) is -0.576. The fourth-order valence-electron chi connectivity index (χ4n) is 2.12. The smallest absolute Gasteiger partial charge is 0.348 e. The van der Waals surface area contributed by atoms with Crippen molar-refractivity contribution in [3.05, 3.63) is 38.3 Å². The maximum absolute atomic E-state index is 11.5. The molecule has 0 amide bonds. The summed E-state index contributed by atoms with van der Waals surface area (Å²) < 4.78 is 5.47. The van der Waals surface area contributed by atoms with Crippen molar-refractivity contribution < 1.29 is 14.6 Å². The topological polar surface area (TPSA) is 104 Å². The van der Waals surface area contributed by atoms with Crippen molar-refractivity contribution in [2.75, 3.05) is 11.9 Å². The van der Waals surface area contributed by atoms with E-state index in [-0.39, 0.29) is 17.0 Å². The molecule has 136 valence electrons. The molecule has 3 N–H and O–H groups in total. The van der Waals surface area contributed by atoms with Gasteiger partial charge in [0.1, 0.15) is 4.88 Å². The molecule has 0 aliphatic heterocycles. The third-order valence-corrected chi connectivity index (χ3v) is 5.07. The summed E-state index contributed by atoms with van der Waals surface area (Å²) in [4.78, 5) is 23.8. The quantitative estimate of drug-likeness (QED) is 0.696. The molecule has 7 nitrogen and oxygen atoms in total. The molecule has 2 rings (SSSR count). The molecule has 25 heavy (non-hydrogen) atoms. The van der Waals surface area contributed by atoms with Crippen LogP contribution in [-0.2, 0) is 5.41 Å². The van der Waals surface area contributed by atoms with Crippen LogP contribution in [0.25, 0.3) is 0 Å². The number of H-pyrrole nitrogens is 1. The van der Waals surface area contributed by atoms with Crippen LogP contribution in [0.15, 0.2) is 23.0 Å². The second-order valence-corrected chi connectivity index (χ2v) is 7.90. The fourth-order valence-corrected chi connectivity index (χ4v) is 3.13. The lowest BCUT2D eigenvalue weighted by molar-refractivity contribution is 0.0703. The Kier molecular flexibility index (Phi) is 5.84. The minimum absolute atomic E-state index is 0.0169. The number of carboxylic acid groups (broad SMARTS) is 1. The first-order chi connectivity index (χ1) is 11.7. The number of carbonyl (C=O) groups is 1. The van der Waals surface area contributed by atoms with Crippen molar-refractivity contribution >= 4 is 23.0 Å². The zero-order chi connectivity index (χ0) is 18.6. The van der Waals surface area contributed by atoms with Crippen molar-refractivity contribution in [1.82, 2.24) is 10.2 Å². The average molecular weight is 365 g/mol. The van der Waals surface area contributed by atoms with Gasteiger partial charge in [-0.25, -0.2) is 9.89 Å². The Bertz CT molecular complexity index is 771. The van der Waals surface area contributed by atoms with E-state index in [2.05, 4.69) is 36.3 Å². The molecule has 0 spiro atoms. The number of hydrogen-bond donors (Lipinski definition) is 3. The number of aromatic amines is 1. The lowest BCUT2D eigenvalue weighted by Crippen LogP contribution is -2.20. The van der Waals surface area contributed by atoms with Crippen LogP contribution in [0.5, 0.6) is 5.88 Å². The first kappa shape index (κ1) is 19.0. The van der Waals surface area contributed by atoms with Crippen LogP contribution in [0.2, 0.25) is 0 Å². The summed E-state index contributed by atoms with van der Waals surface area (Å²) in [6.07, 6.45) is 0.653. The number of rotatable bonds is 7. The molecule has 2 aromatic heterocycles. The SMILES string of the molecule is C[C@@H](CCOc1ccc(=O)[nH]n1)Nc1cc(C(C)(C)C)sc1C(=O)O. The maximum Gasteiger partial charge on any atom is 0.348 e. The van der Waals surface area contributed by atoms with Gasteiger partial charge in [0, 0.05) is 29.5 Å². The molecule has 1 atom stereocenters. The highest BCUT2D eigenvalue weighted by atomic mass is 32.1. The third-order valence-electron chi connectivity index (χ3n) is 3.52. The van der Waals surface area contributed by atoms with Gasteiger partial charge in [-0.3, -0.25) is 4.79 Å². The van der Waals surface area contributed by atoms with Crippen LogP contribution in [0.3, 0.4) is 0 Å². The number of aromatic nitrogens is 2. The Hall–Kier alpha value is -2.35. The number of anilines is 1. The lowest BCUT2D eigenvalue weighted by Gasteiger charge is -2.16. The van der Waals surface area contributed by atoms with E-state index in [4.69, 9.17) is 4.74 Å². The number of carboxylic acids is 1. The molecule has 0 saturated heterocycles. The third kappa shape index (κ3) is 5.32. The molecule has 0 bridgehead atoms. The van der Waals surface area contributed by atoms with E-state index in [0.717, 1.165) is 4.88 Å². The first-order valence-electron chi connectivity index (χ1n) is 7.99. The molecule has 2 heterocycles. The summed E-state index contributed by atoms with van der Waals surface area (Å²) >= 11 is 1.30. The summed E-state index contributed by atoms with van der Waals surface area (Å²) in [6.45, 7) is 8.53. The van der Waals surface area contributed by atoms with Gasteiger partial charge in [-0.05, 0) is 18.4 Å². The van der Waals surface area contributed by atoms with Crippen LogP contribution in [-0.4, -0.2) is 33.9 Å². The van der Waals surface area contributed by atoms with Gasteiger partial charge in [0.05, 0.1) is 12.3 Å². The Morgan fingerprint density at radius 1 is 1.44 bits per heavy atom. The van der Waals surface area contributed by atoms with Crippen LogP contribution >= 0.6 is 11.3 Å². The minimum Gasteiger partial charge on any atom is -0.477 e. The molecule has 2 aromatic rings. The monoisotopic (exact) mass is 365 g/mol. The van der Waals surface area contributed by atoms with E-state index in [0.29, 0.717) is 29.5 Å². The van der Waals surface area contributed by atoms with Gasteiger partial charge in [0.15, 0.2) is 0 Å². The molecular formula is C17H23N3O4S. The predicted molar refractivity (Wildman–Crippen MR) is 98.0 cm³/mol. The van der Waals surface area contributed by atoms with Gasteiger partial charge in [-0.2, -0.15) is 0 Å². The number of aromatic carboxylic acids is 1. The zero-order valence-corrected chi connectivity index (χ0v) is 15.6. The standard InChI is InChI=1S/C17H23N3O4S/c1-10(7-8-24-14-6-5-13(21)19-20-14)18-11-9-12(17(2,3)4)25-15(11)16(22)23/h5-6,9-10,18H,7-8H2,1-4H3,(H,19,21)(H,22,23)/t10-/m0/s1. The van der Waals surface area contributed by atoms with E-state index in [1.807, 2.05) is 13.0 Å². The summed E-state index contributed by atoms with van der Waals surface area (Å²) in [5, 5.41) is 18.7. The Balaban J connectivity index is 1.96. The number of thiophene rings is 1. The van der Waals surface area contributed by atoms with E-state index in [1.165, 1.54) is 23.5 Å². The average Bonchev–Trinajstić information content (AvgIpc) is 2.93. The van der Waals surface area contributed by atoms with Crippen molar-refractivity contribution in [3.63, 3.8) is 0 Å². The Morgan fingerprint density at radius 3 is 2.72 bits per heavy atom. The molecule has 0 saturated carbocycles. The van der Waals surface area contributed by atoms with Gasteiger partial charge < -0.3 is 15.2 Å². The zero-order valence-electron chi connectivity index (χ0n) is 14.8. The van der Waals surface area contributed by atoms with Gasteiger partial charge in [0.2, 0.25) is 5.88 Å². The van der Waals surface area contributed by atoms with Gasteiger partial charge in [-0.15, -0.1) is 16.4 Å². The maximum atomic E-state index is 11.5. The van der Waals surface area contributed by atoms with Crippen LogP contribution in [0.4, 0.5) is 5.69 Å². The van der Waals surface area contributed by atoms with Crippen molar-refractivity contribution in [1.29, 1.82) is 0 Å². The van der Waals surface area contributed by atoms with Crippen LogP contribution in [0.1, 0.15) is 48.7 Å². The number of ether oxygens (including phenoxy) is 1. The van der Waals surface area contributed by atoms with Gasteiger partial charge in [-0.1, -0.05) is 20.8 Å². The van der Waals surface area contributed by atoms with Gasteiger partial charge >= 0.3 is 5.97 Å². The summed E-state index contributed by atoms with van der Waals surface area (Å²) in [5.41, 5.74) is 0.254. The van der Waals surface area contributed by atoms with E-state index >= 15 is 0 Å². The second-order valence-electron chi connectivity index (χ2n) is 6.85. The Morgan fingerprint density at radius 2 is 2.16 bits per heavy atom. The lowest BCUT2D eigenvalue weighted by atomic mass is 9.94. The number of nitrogens with one attached hydrogen (secondary N) is 2. The van der Waals surface area contributed by atoms with Crippen LogP contribution in [0, 0.1) is 0 Å². The molecule has 0 fully saturated rings. The van der Waals surface area contributed by atoms with Crippen molar-refractivity contribution in [2.45, 2.75) is 45.6 Å². The highest BCUT2D eigenvalue weighted by Gasteiger charge is 2.23. The second kappa shape index (κ2) is 7.69. The molecule has 0 radical (unpaired) electrons. The molecule has 8 heteroatoms. The molecule has 0 aromatic carbocycles.